The van der Waals surface area contributed by atoms with Crippen LogP contribution in [0.3, 0.4) is 0 Å². The van der Waals surface area contributed by atoms with Gasteiger partial charge in [0, 0.05) is 11.1 Å². The van der Waals surface area contributed by atoms with E-state index < -0.39 is 18.4 Å². The van der Waals surface area contributed by atoms with Gasteiger partial charge in [0.15, 0.2) is 11.9 Å². The summed E-state index contributed by atoms with van der Waals surface area (Å²) in [4.78, 5) is 24.2. The van der Waals surface area contributed by atoms with E-state index in [1.807, 2.05) is 36.4 Å². The van der Waals surface area contributed by atoms with Crippen LogP contribution < -0.4 is 0 Å². The van der Waals surface area contributed by atoms with Crippen molar-refractivity contribution in [2.75, 3.05) is 13.2 Å². The molecule has 6 nitrogen and oxygen atoms in total. The molecule has 2 aromatic carbocycles. The van der Waals surface area contributed by atoms with E-state index >= 15 is 0 Å². The van der Waals surface area contributed by atoms with Crippen LogP contribution in [0.15, 0.2) is 48.2 Å². The zero-order valence-electron chi connectivity index (χ0n) is 15.7. The molecule has 1 atom stereocenters. The monoisotopic (exact) mass is 380 g/mol. The Labute approximate surface area is 162 Å². The van der Waals surface area contributed by atoms with E-state index in [2.05, 4.69) is 6.07 Å². The van der Waals surface area contributed by atoms with E-state index in [1.54, 1.807) is 13.8 Å². The molecule has 0 heterocycles. The fourth-order valence-corrected chi connectivity index (χ4v) is 3.73. The molecule has 4 rings (SSSR count). The van der Waals surface area contributed by atoms with E-state index in [0.717, 1.165) is 33.9 Å². The summed E-state index contributed by atoms with van der Waals surface area (Å²) in [6.07, 6.45) is 2.09. The van der Waals surface area contributed by atoms with Crippen molar-refractivity contribution in [3.8, 4) is 0 Å². The molecule has 2 aliphatic rings. The minimum absolute atomic E-state index is 0.179. The fourth-order valence-electron chi connectivity index (χ4n) is 3.73. The molecule has 0 N–H and O–H groups in total. The van der Waals surface area contributed by atoms with Gasteiger partial charge in [-0.2, -0.15) is 0 Å². The molecule has 0 amide bonds. The maximum absolute atomic E-state index is 12.1. The van der Waals surface area contributed by atoms with Crippen molar-refractivity contribution in [3.63, 3.8) is 0 Å². The summed E-state index contributed by atoms with van der Waals surface area (Å²) in [5.74, 6) is 0.231. The predicted molar refractivity (Wildman–Crippen MR) is 103 cm³/mol. The van der Waals surface area contributed by atoms with Gasteiger partial charge >= 0.3 is 12.3 Å². The zero-order chi connectivity index (χ0) is 19.7. The standard InChI is InChI=1S/C22H20O6/c1-3-25-21(23)27-19-15-9-5-7-13-11-12-14-8-6-10-16(18(14)17(13)15)20(19)28-22(24)26-4-2/h5-7,9-12,19H,3-4,8H2,1-2H3. The molecule has 0 saturated carbocycles. The summed E-state index contributed by atoms with van der Waals surface area (Å²) in [5, 5.41) is 2.02. The lowest BCUT2D eigenvalue weighted by Gasteiger charge is -2.31. The second-order valence-electron chi connectivity index (χ2n) is 6.40. The van der Waals surface area contributed by atoms with Gasteiger partial charge in [0.05, 0.1) is 13.2 Å². The average molecular weight is 380 g/mol. The third kappa shape index (κ3) is 3.01. The zero-order valence-corrected chi connectivity index (χ0v) is 15.7. The second kappa shape index (κ2) is 7.38. The highest BCUT2D eigenvalue weighted by Crippen LogP contribution is 2.47. The molecular weight excluding hydrogens is 360 g/mol. The summed E-state index contributed by atoms with van der Waals surface area (Å²) in [6.45, 7) is 3.75. The molecule has 0 spiro atoms. The average Bonchev–Trinajstić information content (AvgIpc) is 2.69. The second-order valence-corrected chi connectivity index (χ2v) is 6.40. The summed E-state index contributed by atoms with van der Waals surface area (Å²) >= 11 is 0. The van der Waals surface area contributed by atoms with Gasteiger partial charge in [-0.25, -0.2) is 9.59 Å². The Morgan fingerprint density at radius 1 is 1.04 bits per heavy atom. The van der Waals surface area contributed by atoms with Gasteiger partial charge < -0.3 is 18.9 Å². The molecule has 6 heteroatoms. The number of carbonyl (C=O) groups excluding carboxylic acids is 2. The van der Waals surface area contributed by atoms with Crippen molar-refractivity contribution in [2.45, 2.75) is 26.4 Å². The van der Waals surface area contributed by atoms with Crippen molar-refractivity contribution in [3.05, 3.63) is 64.9 Å². The van der Waals surface area contributed by atoms with Crippen LogP contribution in [0, 0.1) is 0 Å². The first-order chi connectivity index (χ1) is 13.6. The van der Waals surface area contributed by atoms with Crippen LogP contribution in [0.5, 0.6) is 0 Å². The highest BCUT2D eigenvalue weighted by molar-refractivity contribution is 6.03. The van der Waals surface area contributed by atoms with Gasteiger partial charge in [-0.05, 0) is 42.2 Å². The Morgan fingerprint density at radius 3 is 2.61 bits per heavy atom. The van der Waals surface area contributed by atoms with Gasteiger partial charge in [-0.1, -0.05) is 42.5 Å². The lowest BCUT2D eigenvalue weighted by molar-refractivity contribution is 0.0121. The van der Waals surface area contributed by atoms with Gasteiger partial charge in [0.2, 0.25) is 0 Å². The van der Waals surface area contributed by atoms with Crippen molar-refractivity contribution in [1.29, 1.82) is 0 Å². The van der Waals surface area contributed by atoms with Crippen LogP contribution in [0.4, 0.5) is 9.59 Å². The SMILES string of the molecule is CCOC(=O)OC1=C2C=CCc3ccc4cccc(c4c32)C1OC(=O)OCC. The molecule has 2 aromatic rings. The Hall–Kier alpha value is -3.28. The van der Waals surface area contributed by atoms with Crippen LogP contribution in [0.2, 0.25) is 0 Å². The van der Waals surface area contributed by atoms with Crippen LogP contribution in [0.25, 0.3) is 16.3 Å². The molecule has 0 fully saturated rings. The molecule has 144 valence electrons. The van der Waals surface area contributed by atoms with Crippen molar-refractivity contribution < 1.29 is 28.5 Å². The van der Waals surface area contributed by atoms with Crippen LogP contribution in [-0.2, 0) is 25.4 Å². The van der Waals surface area contributed by atoms with E-state index in [0.29, 0.717) is 5.57 Å². The molecule has 1 unspecified atom stereocenters. The Morgan fingerprint density at radius 2 is 1.82 bits per heavy atom. The molecule has 28 heavy (non-hydrogen) atoms. The minimum Gasteiger partial charge on any atom is -0.435 e. The third-order valence-electron chi connectivity index (χ3n) is 4.77. The predicted octanol–water partition coefficient (Wildman–Crippen LogP) is 5.06. The number of hydrogen-bond donors (Lipinski definition) is 0. The fraction of sp³-hybridized carbons (Fsp3) is 0.273. The maximum Gasteiger partial charge on any atom is 0.513 e. The number of benzene rings is 2. The van der Waals surface area contributed by atoms with Crippen LogP contribution in [0.1, 0.15) is 36.6 Å². The first-order valence-corrected chi connectivity index (χ1v) is 9.27. The van der Waals surface area contributed by atoms with E-state index in [-0.39, 0.29) is 19.0 Å². The van der Waals surface area contributed by atoms with Gasteiger partial charge in [-0.3, -0.25) is 0 Å². The summed E-state index contributed by atoms with van der Waals surface area (Å²) in [6, 6.07) is 9.88. The van der Waals surface area contributed by atoms with Crippen LogP contribution in [-0.4, -0.2) is 25.5 Å². The highest BCUT2D eigenvalue weighted by atomic mass is 16.8. The summed E-state index contributed by atoms with van der Waals surface area (Å²) in [5.41, 5.74) is 3.59. The molecule has 0 bridgehead atoms. The third-order valence-corrected chi connectivity index (χ3v) is 4.77. The molecule has 0 aromatic heterocycles. The maximum atomic E-state index is 12.1. The normalized spacial score (nSPS) is 16.7. The van der Waals surface area contributed by atoms with Gasteiger partial charge in [-0.15, -0.1) is 0 Å². The molecule has 0 aliphatic heterocycles. The summed E-state index contributed by atoms with van der Waals surface area (Å²) in [7, 11) is 0. The number of rotatable bonds is 4. The van der Waals surface area contributed by atoms with Gasteiger partial charge in [0.25, 0.3) is 0 Å². The lowest BCUT2D eigenvalue weighted by atomic mass is 9.80. The van der Waals surface area contributed by atoms with Crippen molar-refractivity contribution >= 4 is 28.7 Å². The number of carbonyl (C=O) groups is 2. The van der Waals surface area contributed by atoms with E-state index in [1.165, 1.54) is 0 Å². The smallest absolute Gasteiger partial charge is 0.435 e. The van der Waals surface area contributed by atoms with Gasteiger partial charge in [0.1, 0.15) is 0 Å². The largest absolute Gasteiger partial charge is 0.513 e. The number of ether oxygens (including phenoxy) is 4. The minimum atomic E-state index is -0.910. The number of hydrogen-bond acceptors (Lipinski definition) is 6. The Kier molecular flexibility index (Phi) is 4.77. The molecule has 0 saturated heterocycles. The molecule has 2 aliphatic carbocycles. The lowest BCUT2D eigenvalue weighted by Crippen LogP contribution is -2.23. The van der Waals surface area contributed by atoms with E-state index in [9.17, 15) is 9.59 Å². The van der Waals surface area contributed by atoms with Crippen LogP contribution >= 0.6 is 0 Å². The highest BCUT2D eigenvalue weighted by Gasteiger charge is 2.36. The van der Waals surface area contributed by atoms with Crippen molar-refractivity contribution in [1.82, 2.24) is 0 Å². The first-order valence-electron chi connectivity index (χ1n) is 9.27. The topological polar surface area (TPSA) is 71.1 Å². The number of allylic oxidation sites excluding steroid dienone is 3. The molecule has 0 radical (unpaired) electrons. The molecular formula is C22H20O6. The summed E-state index contributed by atoms with van der Waals surface area (Å²) < 4.78 is 21.0. The van der Waals surface area contributed by atoms with E-state index in [4.69, 9.17) is 18.9 Å². The quantitative estimate of drug-likeness (QED) is 0.690. The Bertz CT molecular complexity index is 1020. The van der Waals surface area contributed by atoms with Crippen molar-refractivity contribution in [2.24, 2.45) is 0 Å². The first kappa shape index (κ1) is 18.1. The Balaban J connectivity index is 1.92.